The van der Waals surface area contributed by atoms with Gasteiger partial charge in [-0.2, -0.15) is 0 Å². The molecule has 3 heterocycles. The number of urea groups is 1. The smallest absolute Gasteiger partial charge is 0.325 e. The van der Waals surface area contributed by atoms with Crippen molar-refractivity contribution in [2.24, 2.45) is 11.8 Å². The lowest BCUT2D eigenvalue weighted by atomic mass is 9.73. The van der Waals surface area contributed by atoms with E-state index in [4.69, 9.17) is 4.74 Å². The maximum absolute atomic E-state index is 13.5. The molecule has 1 aromatic rings. The summed E-state index contributed by atoms with van der Waals surface area (Å²) >= 11 is 1.54. The molecule has 0 bridgehead atoms. The van der Waals surface area contributed by atoms with Crippen LogP contribution in [0.4, 0.5) is 4.79 Å². The molecule has 1 aromatic heterocycles. The molecule has 3 rings (SSSR count). The van der Waals surface area contributed by atoms with Crippen LogP contribution in [0.1, 0.15) is 38.0 Å². The van der Waals surface area contributed by atoms with Crippen molar-refractivity contribution in [2.75, 3.05) is 26.8 Å². The molecule has 28 heavy (non-hydrogen) atoms. The lowest BCUT2D eigenvalue weighted by molar-refractivity contribution is -0.139. The van der Waals surface area contributed by atoms with Crippen LogP contribution in [-0.4, -0.2) is 60.0 Å². The molecular weight excluding hydrogens is 378 g/mol. The summed E-state index contributed by atoms with van der Waals surface area (Å²) in [4.78, 5) is 42.4. The van der Waals surface area contributed by atoms with Gasteiger partial charge in [0.25, 0.3) is 5.91 Å². The summed E-state index contributed by atoms with van der Waals surface area (Å²) in [5.74, 6) is 0.131. The van der Waals surface area contributed by atoms with Crippen molar-refractivity contribution in [1.82, 2.24) is 15.1 Å². The number of likely N-dealkylation sites (tertiary alicyclic amines) is 1. The second-order valence-corrected chi connectivity index (χ2v) is 9.09. The average molecular weight is 408 g/mol. The van der Waals surface area contributed by atoms with E-state index in [1.165, 1.54) is 12.0 Å². The minimum atomic E-state index is -0.876. The van der Waals surface area contributed by atoms with Crippen LogP contribution in [0.3, 0.4) is 0 Å². The largest absolute Gasteiger partial charge is 0.375 e. The molecule has 7 nitrogen and oxygen atoms in total. The predicted octanol–water partition coefficient (Wildman–Crippen LogP) is 2.47. The number of methoxy groups -OCH3 is 1. The summed E-state index contributed by atoms with van der Waals surface area (Å²) in [6, 6.07) is 3.55. The van der Waals surface area contributed by atoms with Gasteiger partial charge in [-0.15, -0.1) is 11.3 Å². The van der Waals surface area contributed by atoms with Crippen LogP contribution in [0.5, 0.6) is 0 Å². The molecule has 4 amide bonds. The third-order valence-electron chi connectivity index (χ3n) is 5.64. The standard InChI is InChI=1S/C20H29N3O4S/c1-14(2)11-20(15-6-8-22(9-7-15)17(24)13-27-3)18(25)23(19(26)21-20)12-16-5-4-10-28-16/h4-5,10,14-15H,6-9,11-13H2,1-3H3,(H,21,26)/t20-/m1/s1. The summed E-state index contributed by atoms with van der Waals surface area (Å²) in [5, 5.41) is 5.01. The molecule has 2 saturated heterocycles. The van der Waals surface area contributed by atoms with E-state index in [0.717, 1.165) is 4.88 Å². The van der Waals surface area contributed by atoms with E-state index in [0.29, 0.717) is 38.9 Å². The minimum absolute atomic E-state index is 0.0197. The first kappa shape index (κ1) is 20.8. The minimum Gasteiger partial charge on any atom is -0.375 e. The van der Waals surface area contributed by atoms with Crippen LogP contribution >= 0.6 is 11.3 Å². The fraction of sp³-hybridized carbons (Fsp3) is 0.650. The number of imide groups is 1. The molecule has 8 heteroatoms. The van der Waals surface area contributed by atoms with E-state index in [1.807, 2.05) is 17.5 Å². The number of thiophene rings is 1. The Morgan fingerprint density at radius 2 is 2.07 bits per heavy atom. The molecule has 0 spiro atoms. The normalized spacial score (nSPS) is 23.6. The molecule has 2 aliphatic rings. The van der Waals surface area contributed by atoms with Gasteiger partial charge in [0.2, 0.25) is 5.91 Å². The Hall–Kier alpha value is -1.93. The summed E-state index contributed by atoms with van der Waals surface area (Å²) in [7, 11) is 1.51. The highest BCUT2D eigenvalue weighted by Gasteiger charge is 2.56. The number of carbonyl (C=O) groups is 3. The Morgan fingerprint density at radius 3 is 2.64 bits per heavy atom. The second-order valence-electron chi connectivity index (χ2n) is 8.06. The molecule has 1 atom stereocenters. The summed E-state index contributed by atoms with van der Waals surface area (Å²) < 4.78 is 4.94. The zero-order chi connectivity index (χ0) is 20.3. The summed E-state index contributed by atoms with van der Waals surface area (Å²) in [6.07, 6.45) is 2.00. The van der Waals surface area contributed by atoms with Gasteiger partial charge >= 0.3 is 6.03 Å². The zero-order valence-electron chi connectivity index (χ0n) is 16.8. The SMILES string of the molecule is COCC(=O)N1CCC([C@@]2(CC(C)C)NC(=O)N(Cc3cccs3)C2=O)CC1. The van der Waals surface area contributed by atoms with Crippen LogP contribution in [0.15, 0.2) is 17.5 Å². The number of hydrogen-bond donors (Lipinski definition) is 1. The molecule has 2 aliphatic heterocycles. The molecule has 0 unspecified atom stereocenters. The zero-order valence-corrected chi connectivity index (χ0v) is 17.6. The second kappa shape index (κ2) is 8.61. The van der Waals surface area contributed by atoms with Gasteiger partial charge in [-0.1, -0.05) is 19.9 Å². The topological polar surface area (TPSA) is 79.0 Å². The van der Waals surface area contributed by atoms with Crippen molar-refractivity contribution in [3.8, 4) is 0 Å². The lowest BCUT2D eigenvalue weighted by Gasteiger charge is -2.41. The number of carbonyl (C=O) groups excluding carboxylic acids is 3. The van der Waals surface area contributed by atoms with Gasteiger partial charge in [0.15, 0.2) is 0 Å². The fourth-order valence-corrected chi connectivity index (χ4v) is 5.10. The van der Waals surface area contributed by atoms with Crippen LogP contribution in [0, 0.1) is 11.8 Å². The van der Waals surface area contributed by atoms with Crippen LogP contribution in [-0.2, 0) is 20.9 Å². The lowest BCUT2D eigenvalue weighted by Crippen LogP contribution is -2.57. The summed E-state index contributed by atoms with van der Waals surface area (Å²) in [5.41, 5.74) is -0.876. The Balaban J connectivity index is 1.77. The van der Waals surface area contributed by atoms with Gasteiger partial charge in [0, 0.05) is 25.1 Å². The van der Waals surface area contributed by atoms with Crippen molar-refractivity contribution >= 4 is 29.2 Å². The van der Waals surface area contributed by atoms with Gasteiger partial charge < -0.3 is 15.0 Å². The Kier molecular flexibility index (Phi) is 6.40. The predicted molar refractivity (Wildman–Crippen MR) is 107 cm³/mol. The first-order valence-corrected chi connectivity index (χ1v) is 10.7. The molecule has 0 aromatic carbocycles. The molecule has 0 saturated carbocycles. The maximum atomic E-state index is 13.5. The van der Waals surface area contributed by atoms with Crippen molar-refractivity contribution in [2.45, 2.75) is 45.2 Å². The monoisotopic (exact) mass is 407 g/mol. The quantitative estimate of drug-likeness (QED) is 0.705. The van der Waals surface area contributed by atoms with Gasteiger partial charge in [0.1, 0.15) is 12.1 Å². The van der Waals surface area contributed by atoms with E-state index in [9.17, 15) is 14.4 Å². The summed E-state index contributed by atoms with van der Waals surface area (Å²) in [6.45, 7) is 5.70. The number of nitrogens with one attached hydrogen (secondary N) is 1. The van der Waals surface area contributed by atoms with Gasteiger partial charge in [-0.05, 0) is 42.5 Å². The van der Waals surface area contributed by atoms with E-state index in [2.05, 4.69) is 19.2 Å². The maximum Gasteiger partial charge on any atom is 0.325 e. The number of hydrogen-bond acceptors (Lipinski definition) is 5. The van der Waals surface area contributed by atoms with E-state index >= 15 is 0 Å². The number of nitrogens with zero attached hydrogens (tertiary/aromatic N) is 2. The molecular formula is C20H29N3O4S. The molecule has 0 radical (unpaired) electrons. The number of piperidine rings is 1. The first-order chi connectivity index (χ1) is 13.4. The van der Waals surface area contributed by atoms with Crippen LogP contribution in [0.2, 0.25) is 0 Å². The highest BCUT2D eigenvalue weighted by molar-refractivity contribution is 7.09. The Bertz CT molecular complexity index is 713. The number of ether oxygens (including phenoxy) is 1. The van der Waals surface area contributed by atoms with Gasteiger partial charge in [0.05, 0.1) is 6.54 Å². The van der Waals surface area contributed by atoms with Crippen molar-refractivity contribution in [1.29, 1.82) is 0 Å². The highest BCUT2D eigenvalue weighted by atomic mass is 32.1. The van der Waals surface area contributed by atoms with E-state index < -0.39 is 5.54 Å². The van der Waals surface area contributed by atoms with Crippen molar-refractivity contribution in [3.05, 3.63) is 22.4 Å². The number of rotatable bonds is 7. The van der Waals surface area contributed by atoms with Gasteiger partial charge in [-0.3, -0.25) is 14.5 Å². The average Bonchev–Trinajstić information content (AvgIpc) is 3.25. The van der Waals surface area contributed by atoms with Crippen LogP contribution in [0.25, 0.3) is 0 Å². The number of amides is 4. The van der Waals surface area contributed by atoms with E-state index in [-0.39, 0.29) is 36.3 Å². The van der Waals surface area contributed by atoms with Gasteiger partial charge in [-0.25, -0.2) is 4.79 Å². The fourth-order valence-electron chi connectivity index (χ4n) is 4.41. The first-order valence-electron chi connectivity index (χ1n) is 9.80. The van der Waals surface area contributed by atoms with E-state index in [1.54, 1.807) is 16.2 Å². The molecule has 154 valence electrons. The third kappa shape index (κ3) is 4.07. The van der Waals surface area contributed by atoms with Crippen LogP contribution < -0.4 is 5.32 Å². The Labute approximate surface area is 170 Å². The third-order valence-corrected chi connectivity index (χ3v) is 6.50. The molecule has 2 fully saturated rings. The van der Waals surface area contributed by atoms with Crippen molar-refractivity contribution in [3.63, 3.8) is 0 Å². The highest BCUT2D eigenvalue weighted by Crippen LogP contribution is 2.38. The molecule has 0 aliphatic carbocycles. The molecule has 1 N–H and O–H groups in total. The van der Waals surface area contributed by atoms with Crippen molar-refractivity contribution < 1.29 is 19.1 Å². The Morgan fingerprint density at radius 1 is 1.36 bits per heavy atom.